The minimum Gasteiger partial charge on any atom is -0.398 e. The highest BCUT2D eigenvalue weighted by atomic mass is 35.5. The fourth-order valence-electron chi connectivity index (χ4n) is 1.29. The van der Waals surface area contributed by atoms with E-state index in [0.29, 0.717) is 17.7 Å². The molecule has 4 nitrogen and oxygen atoms in total. The number of halogens is 1. The molecule has 1 rings (SSSR count). The van der Waals surface area contributed by atoms with Gasteiger partial charge in [0.2, 0.25) is 0 Å². The van der Waals surface area contributed by atoms with Gasteiger partial charge >= 0.3 is 0 Å². The lowest BCUT2D eigenvalue weighted by molar-refractivity contribution is 0.0934. The SMILES string of the molecule is CC(CCO)NC(=O)c1cccc(N)c1Cl. The summed E-state index contributed by atoms with van der Waals surface area (Å²) in [5, 5.41) is 11.7. The number of hydrogen-bond acceptors (Lipinski definition) is 3. The van der Waals surface area contributed by atoms with Crippen LogP contribution < -0.4 is 11.1 Å². The molecule has 0 saturated carbocycles. The molecule has 1 unspecified atom stereocenters. The highest BCUT2D eigenvalue weighted by Crippen LogP contribution is 2.22. The van der Waals surface area contributed by atoms with E-state index in [1.807, 2.05) is 6.92 Å². The summed E-state index contributed by atoms with van der Waals surface area (Å²) in [5.41, 5.74) is 6.33. The second-order valence-electron chi connectivity index (χ2n) is 3.60. The standard InChI is InChI=1S/C11H15ClN2O2/c1-7(5-6-15)14-11(16)8-3-2-4-9(13)10(8)12/h2-4,7,15H,5-6,13H2,1H3,(H,14,16). The Morgan fingerprint density at radius 1 is 1.62 bits per heavy atom. The zero-order chi connectivity index (χ0) is 12.1. The molecule has 0 aliphatic carbocycles. The molecule has 0 aliphatic rings. The molecule has 0 aromatic heterocycles. The summed E-state index contributed by atoms with van der Waals surface area (Å²) in [7, 11) is 0. The third-order valence-electron chi connectivity index (χ3n) is 2.21. The Morgan fingerprint density at radius 3 is 2.94 bits per heavy atom. The fraction of sp³-hybridized carbons (Fsp3) is 0.364. The van der Waals surface area contributed by atoms with Crippen molar-refractivity contribution in [2.45, 2.75) is 19.4 Å². The summed E-state index contributed by atoms with van der Waals surface area (Å²) < 4.78 is 0. The first kappa shape index (κ1) is 12.8. The average Bonchev–Trinajstić information content (AvgIpc) is 2.22. The third kappa shape index (κ3) is 3.12. The third-order valence-corrected chi connectivity index (χ3v) is 2.63. The monoisotopic (exact) mass is 242 g/mol. The first-order chi connectivity index (χ1) is 7.56. The van der Waals surface area contributed by atoms with Crippen LogP contribution in [0.15, 0.2) is 18.2 Å². The van der Waals surface area contributed by atoms with Crippen molar-refractivity contribution in [1.29, 1.82) is 0 Å². The van der Waals surface area contributed by atoms with E-state index in [-0.39, 0.29) is 23.6 Å². The lowest BCUT2D eigenvalue weighted by atomic mass is 10.1. The molecular weight excluding hydrogens is 228 g/mol. The highest BCUT2D eigenvalue weighted by molar-refractivity contribution is 6.36. The number of nitrogen functional groups attached to an aromatic ring is 1. The van der Waals surface area contributed by atoms with Gasteiger partial charge in [0.05, 0.1) is 16.3 Å². The van der Waals surface area contributed by atoms with Crippen LogP contribution in [-0.2, 0) is 0 Å². The Hall–Kier alpha value is -1.26. The molecule has 0 spiro atoms. The number of benzene rings is 1. The predicted octanol–water partition coefficient (Wildman–Crippen LogP) is 1.42. The number of nitrogens with one attached hydrogen (secondary N) is 1. The number of nitrogens with two attached hydrogens (primary N) is 1. The summed E-state index contributed by atoms with van der Waals surface area (Å²) in [6, 6.07) is 4.82. The molecule has 0 heterocycles. The van der Waals surface area contributed by atoms with Crippen molar-refractivity contribution in [3.05, 3.63) is 28.8 Å². The molecule has 0 radical (unpaired) electrons. The zero-order valence-corrected chi connectivity index (χ0v) is 9.79. The first-order valence-corrected chi connectivity index (χ1v) is 5.39. The minimum atomic E-state index is -0.279. The van der Waals surface area contributed by atoms with Gasteiger partial charge in [-0.3, -0.25) is 4.79 Å². The van der Waals surface area contributed by atoms with Crippen LogP contribution in [0.1, 0.15) is 23.7 Å². The molecule has 1 amide bonds. The molecule has 4 N–H and O–H groups in total. The molecule has 88 valence electrons. The lowest BCUT2D eigenvalue weighted by Gasteiger charge is -2.13. The summed E-state index contributed by atoms with van der Waals surface area (Å²) in [6.07, 6.45) is 0.506. The number of carbonyl (C=O) groups excluding carboxylic acids is 1. The van der Waals surface area contributed by atoms with Crippen LogP contribution >= 0.6 is 11.6 Å². The minimum absolute atomic E-state index is 0.0338. The number of amides is 1. The molecule has 0 saturated heterocycles. The van der Waals surface area contributed by atoms with E-state index >= 15 is 0 Å². The topological polar surface area (TPSA) is 75.3 Å². The van der Waals surface area contributed by atoms with E-state index in [9.17, 15) is 4.79 Å². The Bertz CT molecular complexity index is 382. The maximum absolute atomic E-state index is 11.8. The van der Waals surface area contributed by atoms with Gasteiger partial charge in [-0.25, -0.2) is 0 Å². The summed E-state index contributed by atoms with van der Waals surface area (Å²) in [6.45, 7) is 1.85. The number of rotatable bonds is 4. The molecule has 0 fully saturated rings. The van der Waals surface area contributed by atoms with E-state index in [1.165, 1.54) is 0 Å². The van der Waals surface area contributed by atoms with Crippen LogP contribution in [0.5, 0.6) is 0 Å². The Morgan fingerprint density at radius 2 is 2.31 bits per heavy atom. The molecule has 0 bridgehead atoms. The Kier molecular flexibility index (Phi) is 4.58. The molecule has 1 atom stereocenters. The van der Waals surface area contributed by atoms with E-state index in [1.54, 1.807) is 18.2 Å². The first-order valence-electron chi connectivity index (χ1n) is 5.02. The summed E-state index contributed by atoms with van der Waals surface area (Å²) >= 11 is 5.91. The van der Waals surface area contributed by atoms with Crippen LogP contribution in [0.2, 0.25) is 5.02 Å². The van der Waals surface area contributed by atoms with Crippen LogP contribution in [-0.4, -0.2) is 23.7 Å². The van der Waals surface area contributed by atoms with Crippen LogP contribution in [0, 0.1) is 0 Å². The van der Waals surface area contributed by atoms with Gasteiger partial charge in [-0.15, -0.1) is 0 Å². The van der Waals surface area contributed by atoms with Crippen LogP contribution in [0.4, 0.5) is 5.69 Å². The van der Waals surface area contributed by atoms with E-state index < -0.39 is 0 Å². The van der Waals surface area contributed by atoms with Gasteiger partial charge in [0.1, 0.15) is 0 Å². The lowest BCUT2D eigenvalue weighted by Crippen LogP contribution is -2.33. The van der Waals surface area contributed by atoms with Gasteiger partial charge < -0.3 is 16.2 Å². The average molecular weight is 243 g/mol. The Balaban J connectivity index is 2.77. The van der Waals surface area contributed by atoms with Crippen molar-refractivity contribution >= 4 is 23.2 Å². The van der Waals surface area contributed by atoms with Crippen molar-refractivity contribution in [2.75, 3.05) is 12.3 Å². The van der Waals surface area contributed by atoms with Gasteiger partial charge in [-0.1, -0.05) is 17.7 Å². The smallest absolute Gasteiger partial charge is 0.253 e. The van der Waals surface area contributed by atoms with Gasteiger partial charge in [0, 0.05) is 12.6 Å². The molecule has 0 aliphatic heterocycles. The molecule has 16 heavy (non-hydrogen) atoms. The molecule has 1 aromatic rings. The second-order valence-corrected chi connectivity index (χ2v) is 3.97. The number of aliphatic hydroxyl groups is 1. The van der Waals surface area contributed by atoms with Crippen molar-refractivity contribution in [3.8, 4) is 0 Å². The number of hydrogen-bond donors (Lipinski definition) is 3. The van der Waals surface area contributed by atoms with Crippen molar-refractivity contribution in [3.63, 3.8) is 0 Å². The van der Waals surface area contributed by atoms with Gasteiger partial charge in [0.15, 0.2) is 0 Å². The van der Waals surface area contributed by atoms with E-state index in [0.717, 1.165) is 0 Å². The van der Waals surface area contributed by atoms with Gasteiger partial charge in [-0.05, 0) is 25.5 Å². The normalized spacial score (nSPS) is 12.2. The summed E-state index contributed by atoms with van der Waals surface area (Å²) in [4.78, 5) is 11.8. The number of anilines is 1. The maximum Gasteiger partial charge on any atom is 0.253 e. The summed E-state index contributed by atoms with van der Waals surface area (Å²) in [5.74, 6) is -0.279. The molecular formula is C11H15ClN2O2. The largest absolute Gasteiger partial charge is 0.398 e. The predicted molar refractivity (Wildman–Crippen MR) is 64.5 cm³/mol. The van der Waals surface area contributed by atoms with E-state index in [4.69, 9.17) is 22.4 Å². The quantitative estimate of drug-likeness (QED) is 0.699. The highest BCUT2D eigenvalue weighted by Gasteiger charge is 2.13. The fourth-order valence-corrected chi connectivity index (χ4v) is 1.50. The second kappa shape index (κ2) is 5.72. The van der Waals surface area contributed by atoms with E-state index in [2.05, 4.69) is 5.32 Å². The molecule has 1 aromatic carbocycles. The molecule has 5 heteroatoms. The Labute approximate surface area is 99.4 Å². The zero-order valence-electron chi connectivity index (χ0n) is 9.03. The number of aliphatic hydroxyl groups excluding tert-OH is 1. The van der Waals surface area contributed by atoms with Gasteiger partial charge in [-0.2, -0.15) is 0 Å². The van der Waals surface area contributed by atoms with Crippen LogP contribution in [0.3, 0.4) is 0 Å². The van der Waals surface area contributed by atoms with Gasteiger partial charge in [0.25, 0.3) is 5.91 Å². The maximum atomic E-state index is 11.8. The number of carbonyl (C=O) groups is 1. The van der Waals surface area contributed by atoms with Crippen molar-refractivity contribution < 1.29 is 9.90 Å². The van der Waals surface area contributed by atoms with Crippen molar-refractivity contribution in [1.82, 2.24) is 5.32 Å². The van der Waals surface area contributed by atoms with Crippen LogP contribution in [0.25, 0.3) is 0 Å². The van der Waals surface area contributed by atoms with Crippen molar-refractivity contribution in [2.24, 2.45) is 0 Å².